The number of methoxy groups -OCH3 is 2. The number of nitrogens with one attached hydrogen (secondary N) is 2. The number of carbonyl (C=O) groups excluding carboxylic acids is 1. The Kier molecular flexibility index (Phi) is 4.99. The lowest BCUT2D eigenvalue weighted by atomic mass is 10.3. The Morgan fingerprint density at radius 3 is 2.27 bits per heavy atom. The normalized spacial score (nSPS) is 10.2. The van der Waals surface area contributed by atoms with Crippen LogP contribution in [0.5, 0.6) is 11.6 Å². The number of aromatic nitrogens is 2. The van der Waals surface area contributed by atoms with Crippen LogP contribution < -0.4 is 20.1 Å². The summed E-state index contributed by atoms with van der Waals surface area (Å²) >= 11 is 12.0. The second kappa shape index (κ2) is 6.76. The quantitative estimate of drug-likeness (QED) is 0.891. The van der Waals surface area contributed by atoms with Crippen LogP contribution in [0.25, 0.3) is 0 Å². The minimum atomic E-state index is -0.488. The summed E-state index contributed by atoms with van der Waals surface area (Å²) in [6.07, 6.45) is 0. The van der Waals surface area contributed by atoms with Crippen LogP contribution in [-0.4, -0.2) is 30.0 Å². The van der Waals surface area contributed by atoms with Crippen LogP contribution in [0.2, 0.25) is 10.0 Å². The van der Waals surface area contributed by atoms with Gasteiger partial charge in [-0.1, -0.05) is 23.2 Å². The molecule has 0 aliphatic heterocycles. The molecule has 2 amide bonds. The summed E-state index contributed by atoms with van der Waals surface area (Å²) in [6, 6.07) is 4.17. The van der Waals surface area contributed by atoms with Crippen LogP contribution in [0.3, 0.4) is 0 Å². The predicted octanol–water partition coefficient (Wildman–Crippen LogP) is 3.39. The van der Waals surface area contributed by atoms with Crippen molar-refractivity contribution in [3.63, 3.8) is 0 Å². The third-order valence-corrected chi connectivity index (χ3v) is 3.31. The fraction of sp³-hybridized carbons (Fsp3) is 0.231. The van der Waals surface area contributed by atoms with Crippen LogP contribution in [0.4, 0.5) is 16.3 Å². The number of aryl methyl sites for hydroxylation is 1. The summed E-state index contributed by atoms with van der Waals surface area (Å²) in [4.78, 5) is 11.9. The molecule has 0 saturated heterocycles. The SMILES string of the molecule is COc1c(Cl)cc(NC(=O)Nc2cc(OC)n(C)n2)cc1Cl. The van der Waals surface area contributed by atoms with Gasteiger partial charge >= 0.3 is 6.03 Å². The topological polar surface area (TPSA) is 77.4 Å². The van der Waals surface area contributed by atoms with Gasteiger partial charge < -0.3 is 14.8 Å². The smallest absolute Gasteiger partial charge is 0.324 e. The molecule has 7 nitrogen and oxygen atoms in total. The summed E-state index contributed by atoms with van der Waals surface area (Å²) in [5.41, 5.74) is 0.427. The zero-order chi connectivity index (χ0) is 16.3. The van der Waals surface area contributed by atoms with Crippen LogP contribution >= 0.6 is 23.2 Å². The Morgan fingerprint density at radius 2 is 1.77 bits per heavy atom. The van der Waals surface area contributed by atoms with Crippen molar-refractivity contribution in [3.8, 4) is 11.6 Å². The molecule has 2 rings (SSSR count). The molecule has 0 spiro atoms. The molecule has 0 bridgehead atoms. The lowest BCUT2D eigenvalue weighted by Crippen LogP contribution is -2.19. The Hall–Kier alpha value is -2.12. The number of ether oxygens (including phenoxy) is 2. The number of anilines is 2. The average molecular weight is 345 g/mol. The number of amides is 2. The Balaban J connectivity index is 2.08. The van der Waals surface area contributed by atoms with Crippen molar-refractivity contribution >= 4 is 40.7 Å². The van der Waals surface area contributed by atoms with Crippen LogP contribution in [-0.2, 0) is 7.05 Å². The predicted molar refractivity (Wildman–Crippen MR) is 85.4 cm³/mol. The third kappa shape index (κ3) is 3.55. The van der Waals surface area contributed by atoms with Gasteiger partial charge in [-0.25, -0.2) is 9.48 Å². The number of urea groups is 1. The number of hydrogen-bond acceptors (Lipinski definition) is 4. The fourth-order valence-corrected chi connectivity index (χ4v) is 2.45. The first-order valence-electron chi connectivity index (χ1n) is 6.13. The van der Waals surface area contributed by atoms with Crippen molar-refractivity contribution in [2.75, 3.05) is 24.9 Å². The molecule has 0 fully saturated rings. The molecule has 1 aromatic carbocycles. The van der Waals surface area contributed by atoms with E-state index in [2.05, 4.69) is 15.7 Å². The highest BCUT2D eigenvalue weighted by atomic mass is 35.5. The molecule has 2 N–H and O–H groups in total. The summed E-state index contributed by atoms with van der Waals surface area (Å²) in [5.74, 6) is 1.22. The van der Waals surface area contributed by atoms with E-state index in [4.69, 9.17) is 32.7 Å². The van der Waals surface area contributed by atoms with Gasteiger partial charge in [0.25, 0.3) is 0 Å². The van der Waals surface area contributed by atoms with E-state index in [0.717, 1.165) is 0 Å². The third-order valence-electron chi connectivity index (χ3n) is 2.75. The van der Waals surface area contributed by atoms with Crippen LogP contribution in [0.15, 0.2) is 18.2 Å². The van der Waals surface area contributed by atoms with Crippen molar-refractivity contribution in [1.82, 2.24) is 9.78 Å². The van der Waals surface area contributed by atoms with Crippen molar-refractivity contribution in [2.24, 2.45) is 7.05 Å². The van der Waals surface area contributed by atoms with E-state index < -0.39 is 6.03 Å². The highest BCUT2D eigenvalue weighted by molar-refractivity contribution is 6.37. The highest BCUT2D eigenvalue weighted by Crippen LogP contribution is 2.35. The monoisotopic (exact) mass is 344 g/mol. The molecule has 2 aromatic rings. The molecule has 9 heteroatoms. The molecular weight excluding hydrogens is 331 g/mol. The van der Waals surface area contributed by atoms with Gasteiger partial charge in [0, 0.05) is 18.8 Å². The molecule has 0 atom stereocenters. The molecule has 0 radical (unpaired) electrons. The number of carbonyl (C=O) groups is 1. The molecule has 0 saturated carbocycles. The van der Waals surface area contributed by atoms with E-state index in [9.17, 15) is 4.79 Å². The first kappa shape index (κ1) is 16.3. The van der Waals surface area contributed by atoms with Gasteiger partial charge in [0.05, 0.1) is 24.3 Å². The number of halogens is 2. The summed E-state index contributed by atoms with van der Waals surface area (Å²) in [7, 11) is 4.68. The summed E-state index contributed by atoms with van der Waals surface area (Å²) in [5, 5.41) is 9.84. The van der Waals surface area contributed by atoms with E-state index in [1.54, 1.807) is 13.1 Å². The maximum atomic E-state index is 11.9. The largest absolute Gasteiger partial charge is 0.494 e. The molecule has 0 aliphatic carbocycles. The molecule has 22 heavy (non-hydrogen) atoms. The first-order valence-corrected chi connectivity index (χ1v) is 6.89. The van der Waals surface area contributed by atoms with Gasteiger partial charge in [-0.2, -0.15) is 5.10 Å². The zero-order valence-corrected chi connectivity index (χ0v) is 13.6. The van der Waals surface area contributed by atoms with Gasteiger partial charge in [0.1, 0.15) is 0 Å². The summed E-state index contributed by atoms with van der Waals surface area (Å²) < 4.78 is 11.6. The number of hydrogen-bond donors (Lipinski definition) is 2. The molecule has 1 aromatic heterocycles. The average Bonchev–Trinajstić information content (AvgIpc) is 2.78. The number of benzene rings is 1. The zero-order valence-electron chi connectivity index (χ0n) is 12.1. The van der Waals surface area contributed by atoms with Gasteiger partial charge in [0.2, 0.25) is 5.88 Å². The molecular formula is C13H14Cl2N4O3. The second-order valence-corrected chi connectivity index (χ2v) is 5.06. The minimum Gasteiger partial charge on any atom is -0.494 e. The van der Waals surface area contributed by atoms with Gasteiger partial charge in [0.15, 0.2) is 11.6 Å². The number of rotatable bonds is 4. The summed E-state index contributed by atoms with van der Waals surface area (Å²) in [6.45, 7) is 0. The Labute approximate surface area is 137 Å². The lowest BCUT2D eigenvalue weighted by Gasteiger charge is -2.10. The van der Waals surface area contributed by atoms with Gasteiger partial charge in [-0.05, 0) is 12.1 Å². The lowest BCUT2D eigenvalue weighted by molar-refractivity contribution is 0.262. The molecule has 0 unspecified atom stereocenters. The van der Waals surface area contributed by atoms with E-state index in [-0.39, 0.29) is 0 Å². The second-order valence-electron chi connectivity index (χ2n) is 4.25. The van der Waals surface area contributed by atoms with Crippen LogP contribution in [0, 0.1) is 0 Å². The van der Waals surface area contributed by atoms with Gasteiger partial charge in [-0.3, -0.25) is 5.32 Å². The van der Waals surface area contributed by atoms with E-state index >= 15 is 0 Å². The van der Waals surface area contributed by atoms with Crippen molar-refractivity contribution in [1.29, 1.82) is 0 Å². The highest BCUT2D eigenvalue weighted by Gasteiger charge is 2.12. The fourth-order valence-electron chi connectivity index (χ4n) is 1.81. The maximum Gasteiger partial charge on any atom is 0.324 e. The number of nitrogens with zero attached hydrogens (tertiary/aromatic N) is 2. The van der Waals surface area contributed by atoms with Crippen molar-refractivity contribution in [2.45, 2.75) is 0 Å². The van der Waals surface area contributed by atoms with E-state index in [1.165, 1.54) is 31.0 Å². The van der Waals surface area contributed by atoms with E-state index in [1.807, 2.05) is 0 Å². The van der Waals surface area contributed by atoms with E-state index in [0.29, 0.717) is 33.2 Å². The maximum absolute atomic E-state index is 11.9. The standard InChI is InChI=1S/C13H14Cl2N4O3/c1-19-11(21-2)6-10(18-19)17-13(20)16-7-4-8(14)12(22-3)9(15)5-7/h4-6H,1-3H3,(H2,16,17,18,20). The molecule has 1 heterocycles. The van der Waals surface area contributed by atoms with Crippen LogP contribution in [0.1, 0.15) is 0 Å². The Morgan fingerprint density at radius 1 is 1.14 bits per heavy atom. The van der Waals surface area contributed by atoms with Gasteiger partial charge in [-0.15, -0.1) is 0 Å². The molecule has 118 valence electrons. The van der Waals surface area contributed by atoms with Crippen molar-refractivity contribution in [3.05, 3.63) is 28.2 Å². The Bertz CT molecular complexity index is 680. The molecule has 0 aliphatic rings. The minimum absolute atomic E-state index is 0.296. The van der Waals surface area contributed by atoms with Crippen molar-refractivity contribution < 1.29 is 14.3 Å². The first-order chi connectivity index (χ1) is 10.4.